The molecule has 110 valence electrons. The first-order valence-electron chi connectivity index (χ1n) is 6.21. The highest BCUT2D eigenvalue weighted by Gasteiger charge is 2.27. The number of nitrogen functional groups attached to an aromatic ring is 1. The highest BCUT2D eigenvalue weighted by atomic mass is 79.9. The van der Waals surface area contributed by atoms with Gasteiger partial charge in [-0.2, -0.15) is 0 Å². The molecule has 0 unspecified atom stereocenters. The van der Waals surface area contributed by atoms with Crippen LogP contribution in [0.25, 0.3) is 0 Å². The Bertz CT molecular complexity index is 503. The quantitative estimate of drug-likeness (QED) is 0.824. The zero-order chi connectivity index (χ0) is 15.5. The van der Waals surface area contributed by atoms with Crippen molar-refractivity contribution in [2.24, 2.45) is 0 Å². The van der Waals surface area contributed by atoms with Crippen molar-refractivity contribution >= 4 is 33.5 Å². The van der Waals surface area contributed by atoms with Gasteiger partial charge in [0.15, 0.2) is 0 Å². The number of nitrogens with two attached hydrogens (primary N) is 1. The summed E-state index contributed by atoms with van der Waals surface area (Å²) in [6.07, 6.45) is -0.0908. The van der Waals surface area contributed by atoms with Crippen molar-refractivity contribution in [2.75, 3.05) is 12.3 Å². The Hall–Kier alpha value is -1.56. The smallest absolute Gasteiger partial charge is 0.305 e. The lowest BCUT2D eigenvalue weighted by Crippen LogP contribution is -2.46. The van der Waals surface area contributed by atoms with E-state index in [1.54, 1.807) is 23.1 Å². The Morgan fingerprint density at radius 3 is 2.35 bits per heavy atom. The SMILES string of the molecule is CC(C)(C)N(CCC(=O)O)C(=O)c1cc(N)cc(Br)c1. The van der Waals surface area contributed by atoms with Crippen LogP contribution in [-0.4, -0.2) is 34.0 Å². The van der Waals surface area contributed by atoms with Crippen molar-refractivity contribution in [3.8, 4) is 0 Å². The molecule has 20 heavy (non-hydrogen) atoms. The lowest BCUT2D eigenvalue weighted by atomic mass is 10.0. The Morgan fingerprint density at radius 2 is 1.90 bits per heavy atom. The summed E-state index contributed by atoms with van der Waals surface area (Å²) < 4.78 is 0.716. The van der Waals surface area contributed by atoms with Crippen molar-refractivity contribution in [1.82, 2.24) is 4.90 Å². The highest BCUT2D eigenvalue weighted by molar-refractivity contribution is 9.10. The summed E-state index contributed by atoms with van der Waals surface area (Å²) in [6.45, 7) is 5.76. The van der Waals surface area contributed by atoms with Gasteiger partial charge in [-0.15, -0.1) is 0 Å². The number of amides is 1. The van der Waals surface area contributed by atoms with Crippen LogP contribution in [-0.2, 0) is 4.79 Å². The summed E-state index contributed by atoms with van der Waals surface area (Å²) in [4.78, 5) is 24.8. The number of carboxylic acid groups (broad SMARTS) is 1. The number of halogens is 1. The summed E-state index contributed by atoms with van der Waals surface area (Å²) in [5.74, 6) is -1.16. The first-order chi connectivity index (χ1) is 9.11. The van der Waals surface area contributed by atoms with E-state index in [9.17, 15) is 9.59 Å². The van der Waals surface area contributed by atoms with Crippen LogP contribution in [0.3, 0.4) is 0 Å². The second kappa shape index (κ2) is 6.26. The van der Waals surface area contributed by atoms with Gasteiger partial charge < -0.3 is 15.7 Å². The fourth-order valence-corrected chi connectivity index (χ4v) is 2.35. The molecule has 6 heteroatoms. The Labute approximate surface area is 126 Å². The first kappa shape index (κ1) is 16.5. The number of anilines is 1. The van der Waals surface area contributed by atoms with Gasteiger partial charge in [-0.3, -0.25) is 9.59 Å². The monoisotopic (exact) mass is 342 g/mol. The van der Waals surface area contributed by atoms with Crippen molar-refractivity contribution < 1.29 is 14.7 Å². The Kier molecular flexibility index (Phi) is 5.16. The predicted octanol–water partition coefficient (Wildman–Crippen LogP) is 2.75. The third-order valence-corrected chi connectivity index (χ3v) is 3.23. The molecule has 0 aliphatic rings. The molecule has 0 radical (unpaired) electrons. The Morgan fingerprint density at radius 1 is 1.30 bits per heavy atom. The largest absolute Gasteiger partial charge is 0.481 e. The summed E-state index contributed by atoms with van der Waals surface area (Å²) in [5, 5.41) is 8.80. The normalized spacial score (nSPS) is 11.2. The first-order valence-corrected chi connectivity index (χ1v) is 7.00. The molecule has 1 rings (SSSR count). The lowest BCUT2D eigenvalue weighted by Gasteiger charge is -2.35. The number of benzene rings is 1. The van der Waals surface area contributed by atoms with E-state index in [4.69, 9.17) is 10.8 Å². The van der Waals surface area contributed by atoms with Crippen molar-refractivity contribution in [3.63, 3.8) is 0 Å². The van der Waals surface area contributed by atoms with E-state index >= 15 is 0 Å². The number of rotatable bonds is 4. The van der Waals surface area contributed by atoms with Gasteiger partial charge in [-0.25, -0.2) is 0 Å². The van der Waals surface area contributed by atoms with Gasteiger partial charge in [0.2, 0.25) is 0 Å². The Balaban J connectivity index is 3.06. The minimum Gasteiger partial charge on any atom is -0.481 e. The fraction of sp³-hybridized carbons (Fsp3) is 0.429. The molecule has 0 saturated carbocycles. The maximum Gasteiger partial charge on any atom is 0.305 e. The molecule has 3 N–H and O–H groups in total. The lowest BCUT2D eigenvalue weighted by molar-refractivity contribution is -0.137. The molecule has 0 bridgehead atoms. The molecule has 0 heterocycles. The molecule has 5 nitrogen and oxygen atoms in total. The number of carboxylic acids is 1. The van der Waals surface area contributed by atoms with E-state index < -0.39 is 11.5 Å². The third kappa shape index (κ3) is 4.52. The summed E-state index contributed by atoms with van der Waals surface area (Å²) in [5.41, 5.74) is 6.19. The number of aliphatic carboxylic acids is 1. The number of nitrogens with zero attached hydrogens (tertiary/aromatic N) is 1. The van der Waals surface area contributed by atoms with Crippen LogP contribution in [0.15, 0.2) is 22.7 Å². The average Bonchev–Trinajstić information content (AvgIpc) is 2.25. The zero-order valence-electron chi connectivity index (χ0n) is 11.8. The average molecular weight is 343 g/mol. The maximum absolute atomic E-state index is 12.6. The van der Waals surface area contributed by atoms with E-state index in [-0.39, 0.29) is 18.9 Å². The number of hydrogen-bond acceptors (Lipinski definition) is 3. The van der Waals surface area contributed by atoms with Gasteiger partial charge in [-0.05, 0) is 39.0 Å². The van der Waals surface area contributed by atoms with Crippen LogP contribution in [0.4, 0.5) is 5.69 Å². The molecule has 0 fully saturated rings. The number of carbonyl (C=O) groups is 2. The maximum atomic E-state index is 12.6. The standard InChI is InChI=1S/C14H19BrN2O3/c1-14(2,3)17(5-4-12(18)19)13(20)9-6-10(15)8-11(16)7-9/h6-8H,4-5,16H2,1-3H3,(H,18,19). The van der Waals surface area contributed by atoms with E-state index in [1.165, 1.54) is 0 Å². The molecule has 1 amide bonds. The van der Waals surface area contributed by atoms with Crippen molar-refractivity contribution in [1.29, 1.82) is 0 Å². The van der Waals surface area contributed by atoms with Gasteiger partial charge in [-0.1, -0.05) is 15.9 Å². The van der Waals surface area contributed by atoms with Crippen molar-refractivity contribution in [2.45, 2.75) is 32.7 Å². The highest BCUT2D eigenvalue weighted by Crippen LogP contribution is 2.22. The van der Waals surface area contributed by atoms with Crippen LogP contribution in [0.5, 0.6) is 0 Å². The topological polar surface area (TPSA) is 83.6 Å². The van der Waals surface area contributed by atoms with Crippen LogP contribution >= 0.6 is 15.9 Å². The van der Waals surface area contributed by atoms with Crippen LogP contribution in [0.2, 0.25) is 0 Å². The third-order valence-electron chi connectivity index (χ3n) is 2.77. The summed E-state index contributed by atoms with van der Waals surface area (Å²) in [6, 6.07) is 4.97. The van der Waals surface area contributed by atoms with Crippen molar-refractivity contribution in [3.05, 3.63) is 28.2 Å². The molecule has 0 saturated heterocycles. The predicted molar refractivity (Wildman–Crippen MR) is 81.6 cm³/mol. The summed E-state index contributed by atoms with van der Waals surface area (Å²) >= 11 is 3.30. The molecule has 0 aliphatic heterocycles. The van der Waals surface area contributed by atoms with Gasteiger partial charge in [0.05, 0.1) is 6.42 Å². The fourth-order valence-electron chi connectivity index (χ4n) is 1.84. The van der Waals surface area contributed by atoms with E-state index in [1.807, 2.05) is 20.8 Å². The molecule has 1 aromatic rings. The molecular weight excluding hydrogens is 324 g/mol. The number of hydrogen-bond donors (Lipinski definition) is 2. The molecule has 1 aromatic carbocycles. The minimum atomic E-state index is -0.930. The van der Waals surface area contributed by atoms with Crippen LogP contribution in [0.1, 0.15) is 37.6 Å². The molecule has 0 atom stereocenters. The van der Waals surface area contributed by atoms with Crippen LogP contribution < -0.4 is 5.73 Å². The van der Waals surface area contributed by atoms with Crippen LogP contribution in [0, 0.1) is 0 Å². The van der Waals surface area contributed by atoms with E-state index in [0.29, 0.717) is 15.7 Å². The van der Waals surface area contributed by atoms with Gasteiger partial charge >= 0.3 is 5.97 Å². The number of carbonyl (C=O) groups excluding carboxylic acids is 1. The van der Waals surface area contributed by atoms with E-state index in [0.717, 1.165) is 0 Å². The molecule has 0 aliphatic carbocycles. The molecule has 0 aromatic heterocycles. The molecular formula is C14H19BrN2O3. The van der Waals surface area contributed by atoms with Gasteiger partial charge in [0, 0.05) is 27.8 Å². The minimum absolute atomic E-state index is 0.0908. The van der Waals surface area contributed by atoms with E-state index in [2.05, 4.69) is 15.9 Å². The molecule has 0 spiro atoms. The second-order valence-corrected chi connectivity index (χ2v) is 6.46. The van der Waals surface area contributed by atoms with Gasteiger partial charge in [0.1, 0.15) is 0 Å². The zero-order valence-corrected chi connectivity index (χ0v) is 13.4. The summed E-state index contributed by atoms with van der Waals surface area (Å²) in [7, 11) is 0. The van der Waals surface area contributed by atoms with Gasteiger partial charge in [0.25, 0.3) is 5.91 Å². The second-order valence-electron chi connectivity index (χ2n) is 5.54.